The number of alkyl halides is 1. The van der Waals surface area contributed by atoms with Crippen molar-refractivity contribution in [1.29, 1.82) is 0 Å². The van der Waals surface area contributed by atoms with Gasteiger partial charge in [0.2, 0.25) is 0 Å². The molecule has 0 saturated carbocycles. The van der Waals surface area contributed by atoms with Crippen LogP contribution in [0.4, 0.5) is 4.39 Å². The molecule has 4 heteroatoms. The van der Waals surface area contributed by atoms with E-state index in [0.29, 0.717) is 26.2 Å². The largest absolute Gasteiger partial charge is 0.394 e. The van der Waals surface area contributed by atoms with E-state index in [1.165, 1.54) is 0 Å². The second-order valence-electron chi connectivity index (χ2n) is 3.52. The lowest BCUT2D eigenvalue weighted by Gasteiger charge is -2.36. The fourth-order valence-corrected chi connectivity index (χ4v) is 1.57. The molecule has 78 valence electrons. The molecule has 0 radical (unpaired) electrons. The Bertz CT molecular complexity index is 138. The highest BCUT2D eigenvalue weighted by Gasteiger charge is 2.30. The van der Waals surface area contributed by atoms with Crippen LogP contribution in [0.15, 0.2) is 0 Å². The van der Waals surface area contributed by atoms with Crippen molar-refractivity contribution in [2.45, 2.75) is 24.8 Å². The molecule has 0 bridgehead atoms. The molecule has 0 aromatic heterocycles. The highest BCUT2D eigenvalue weighted by atomic mass is 19.1. The van der Waals surface area contributed by atoms with Gasteiger partial charge in [0, 0.05) is 18.8 Å². The van der Waals surface area contributed by atoms with Crippen LogP contribution in [0.2, 0.25) is 0 Å². The second kappa shape index (κ2) is 5.52. The van der Waals surface area contributed by atoms with E-state index in [-0.39, 0.29) is 18.8 Å². The smallest absolute Gasteiger partial charge is 0.0906 e. The number of aliphatic hydroxyl groups is 1. The fraction of sp³-hybridized carbons (Fsp3) is 1.00. The maximum Gasteiger partial charge on any atom is 0.0906 e. The number of hydrogen-bond acceptors (Lipinski definition) is 3. The van der Waals surface area contributed by atoms with Gasteiger partial charge in [0.1, 0.15) is 0 Å². The van der Waals surface area contributed by atoms with Crippen LogP contribution in [-0.2, 0) is 4.74 Å². The molecular formula is C9H18FNO2. The van der Waals surface area contributed by atoms with E-state index in [1.807, 2.05) is 0 Å². The van der Waals surface area contributed by atoms with Crippen molar-refractivity contribution >= 4 is 0 Å². The Kier molecular flexibility index (Phi) is 4.62. The van der Waals surface area contributed by atoms with Crippen molar-refractivity contribution in [3.8, 4) is 0 Å². The summed E-state index contributed by atoms with van der Waals surface area (Å²) < 4.78 is 17.1. The van der Waals surface area contributed by atoms with Gasteiger partial charge in [-0.15, -0.1) is 0 Å². The Morgan fingerprint density at radius 1 is 1.38 bits per heavy atom. The van der Waals surface area contributed by atoms with Crippen LogP contribution in [0, 0.1) is 0 Å². The van der Waals surface area contributed by atoms with Crippen LogP contribution in [0.3, 0.4) is 0 Å². The highest BCUT2D eigenvalue weighted by molar-refractivity contribution is 4.89. The number of rotatable bonds is 5. The SMILES string of the molecule is OCC1(NCCCF)CCOCC1. The molecule has 13 heavy (non-hydrogen) atoms. The fourth-order valence-electron chi connectivity index (χ4n) is 1.57. The lowest BCUT2D eigenvalue weighted by atomic mass is 9.91. The van der Waals surface area contributed by atoms with Gasteiger partial charge < -0.3 is 15.2 Å². The standard InChI is InChI=1S/C9H18FNO2/c10-4-1-5-11-9(8-12)2-6-13-7-3-9/h11-12H,1-8H2. The molecule has 2 N–H and O–H groups in total. The van der Waals surface area contributed by atoms with E-state index in [2.05, 4.69) is 5.32 Å². The van der Waals surface area contributed by atoms with Crippen molar-refractivity contribution in [3.63, 3.8) is 0 Å². The molecule has 1 saturated heterocycles. The maximum absolute atomic E-state index is 11.8. The molecule has 1 heterocycles. The Balaban J connectivity index is 2.29. The van der Waals surface area contributed by atoms with Gasteiger partial charge in [0.05, 0.1) is 13.3 Å². The third-order valence-electron chi connectivity index (χ3n) is 2.56. The Labute approximate surface area is 78.3 Å². The molecule has 1 rings (SSSR count). The van der Waals surface area contributed by atoms with E-state index < -0.39 is 0 Å². The summed E-state index contributed by atoms with van der Waals surface area (Å²) in [5.41, 5.74) is -0.215. The van der Waals surface area contributed by atoms with Gasteiger partial charge in [0.25, 0.3) is 0 Å². The minimum Gasteiger partial charge on any atom is -0.394 e. The van der Waals surface area contributed by atoms with Gasteiger partial charge in [-0.25, -0.2) is 0 Å². The molecule has 0 atom stereocenters. The minimum atomic E-state index is -0.301. The molecule has 0 spiro atoms. The summed E-state index contributed by atoms with van der Waals surface area (Å²) in [5, 5.41) is 12.4. The van der Waals surface area contributed by atoms with Gasteiger partial charge >= 0.3 is 0 Å². The van der Waals surface area contributed by atoms with Gasteiger partial charge in [-0.1, -0.05) is 0 Å². The maximum atomic E-state index is 11.8. The average molecular weight is 191 g/mol. The Hall–Kier alpha value is -0.190. The van der Waals surface area contributed by atoms with E-state index >= 15 is 0 Å². The van der Waals surface area contributed by atoms with E-state index in [9.17, 15) is 9.50 Å². The second-order valence-corrected chi connectivity index (χ2v) is 3.52. The first-order valence-corrected chi connectivity index (χ1v) is 4.83. The molecule has 0 aromatic carbocycles. The van der Waals surface area contributed by atoms with Crippen LogP contribution < -0.4 is 5.32 Å². The minimum absolute atomic E-state index is 0.114. The number of halogens is 1. The van der Waals surface area contributed by atoms with Crippen LogP contribution >= 0.6 is 0 Å². The van der Waals surface area contributed by atoms with Gasteiger partial charge in [0.15, 0.2) is 0 Å². The predicted octanol–water partition coefficient (Wildman–Crippen LogP) is 0.477. The summed E-state index contributed by atoms with van der Waals surface area (Å²) in [6.07, 6.45) is 2.15. The number of aliphatic hydroxyl groups excluding tert-OH is 1. The Morgan fingerprint density at radius 3 is 2.62 bits per heavy atom. The lowest BCUT2D eigenvalue weighted by Crippen LogP contribution is -2.52. The van der Waals surface area contributed by atoms with Crippen LogP contribution in [-0.4, -0.2) is 43.7 Å². The lowest BCUT2D eigenvalue weighted by molar-refractivity contribution is 0.0119. The molecular weight excluding hydrogens is 173 g/mol. The van der Waals surface area contributed by atoms with E-state index in [0.717, 1.165) is 12.8 Å². The number of nitrogens with one attached hydrogen (secondary N) is 1. The highest BCUT2D eigenvalue weighted by Crippen LogP contribution is 2.19. The molecule has 0 unspecified atom stereocenters. The van der Waals surface area contributed by atoms with Gasteiger partial charge in [-0.05, 0) is 25.8 Å². The molecule has 1 aliphatic rings. The zero-order chi connectivity index (χ0) is 9.57. The van der Waals surface area contributed by atoms with Gasteiger partial charge in [-0.3, -0.25) is 4.39 Å². The Morgan fingerprint density at radius 2 is 2.08 bits per heavy atom. The zero-order valence-electron chi connectivity index (χ0n) is 7.89. The van der Waals surface area contributed by atoms with Crippen molar-refractivity contribution in [2.24, 2.45) is 0 Å². The summed E-state index contributed by atoms with van der Waals surface area (Å²) in [6, 6.07) is 0. The van der Waals surface area contributed by atoms with Crippen LogP contribution in [0.25, 0.3) is 0 Å². The molecule has 3 nitrogen and oxygen atoms in total. The monoisotopic (exact) mass is 191 g/mol. The quantitative estimate of drug-likeness (QED) is 0.621. The third-order valence-corrected chi connectivity index (χ3v) is 2.56. The van der Waals surface area contributed by atoms with Crippen molar-refractivity contribution < 1.29 is 14.2 Å². The van der Waals surface area contributed by atoms with Crippen molar-refractivity contribution in [2.75, 3.05) is 33.0 Å². The molecule has 1 fully saturated rings. The normalized spacial score (nSPS) is 21.7. The first-order chi connectivity index (χ1) is 6.33. The average Bonchev–Trinajstić information content (AvgIpc) is 2.20. The summed E-state index contributed by atoms with van der Waals surface area (Å²) in [7, 11) is 0. The molecule has 0 aliphatic carbocycles. The van der Waals surface area contributed by atoms with Crippen LogP contribution in [0.5, 0.6) is 0 Å². The summed E-state index contributed by atoms with van der Waals surface area (Å²) in [6.45, 7) is 1.82. The van der Waals surface area contributed by atoms with Crippen molar-refractivity contribution in [3.05, 3.63) is 0 Å². The van der Waals surface area contributed by atoms with Crippen LogP contribution in [0.1, 0.15) is 19.3 Å². The van der Waals surface area contributed by atoms with E-state index in [4.69, 9.17) is 4.74 Å². The first-order valence-electron chi connectivity index (χ1n) is 4.83. The zero-order valence-corrected chi connectivity index (χ0v) is 7.89. The summed E-state index contributed by atoms with van der Waals surface area (Å²) in [4.78, 5) is 0. The molecule has 1 aliphatic heterocycles. The first kappa shape index (κ1) is 10.9. The summed E-state index contributed by atoms with van der Waals surface area (Å²) in [5.74, 6) is 0. The number of hydrogen-bond donors (Lipinski definition) is 2. The summed E-state index contributed by atoms with van der Waals surface area (Å²) >= 11 is 0. The third kappa shape index (κ3) is 3.21. The van der Waals surface area contributed by atoms with Crippen molar-refractivity contribution in [1.82, 2.24) is 5.32 Å². The van der Waals surface area contributed by atoms with Gasteiger partial charge in [-0.2, -0.15) is 0 Å². The number of ether oxygens (including phenoxy) is 1. The van der Waals surface area contributed by atoms with E-state index in [1.54, 1.807) is 0 Å². The topological polar surface area (TPSA) is 41.5 Å². The molecule has 0 aromatic rings. The molecule has 0 amide bonds. The predicted molar refractivity (Wildman–Crippen MR) is 48.5 cm³/mol.